The molecule has 0 saturated heterocycles. The Morgan fingerprint density at radius 2 is 2.09 bits per heavy atom. The molecule has 6 heteroatoms. The molecule has 1 aliphatic heterocycles. The number of fused-ring (bicyclic) bond motifs is 1. The van der Waals surface area contributed by atoms with E-state index in [1.165, 1.54) is 34.6 Å². The molecule has 0 atom stereocenters. The van der Waals surface area contributed by atoms with E-state index >= 15 is 0 Å². The normalized spacial score (nSPS) is 17.3. The fraction of sp³-hybridized carbons (Fsp3) is 0.353. The number of halogens is 2. The number of nitrogens with one attached hydrogen (secondary N) is 1. The van der Waals surface area contributed by atoms with Crippen LogP contribution in [0, 0.1) is 11.6 Å². The second kappa shape index (κ2) is 5.69. The van der Waals surface area contributed by atoms with Gasteiger partial charge in [-0.15, -0.1) is 11.3 Å². The van der Waals surface area contributed by atoms with Crippen LogP contribution < -0.4 is 5.32 Å². The first-order valence-corrected chi connectivity index (χ1v) is 8.49. The van der Waals surface area contributed by atoms with Crippen LogP contribution in [0.4, 0.5) is 8.78 Å². The lowest BCUT2D eigenvalue weighted by atomic mass is 10.2. The SMILES string of the molecule is O=C(NCc1cc(F)ccc1F)c1cc2c(s1)CN(C1CC1)C2. The molecular formula is C17H16F2N2OS. The number of amides is 1. The highest BCUT2D eigenvalue weighted by molar-refractivity contribution is 7.14. The molecule has 120 valence electrons. The van der Waals surface area contributed by atoms with Crippen molar-refractivity contribution in [2.45, 2.75) is 38.5 Å². The smallest absolute Gasteiger partial charge is 0.261 e. The highest BCUT2D eigenvalue weighted by atomic mass is 32.1. The largest absolute Gasteiger partial charge is 0.347 e. The fourth-order valence-electron chi connectivity index (χ4n) is 2.94. The predicted octanol–water partition coefficient (Wildman–Crippen LogP) is 3.43. The summed E-state index contributed by atoms with van der Waals surface area (Å²) in [5, 5.41) is 2.67. The predicted molar refractivity (Wildman–Crippen MR) is 84.1 cm³/mol. The van der Waals surface area contributed by atoms with Gasteiger partial charge >= 0.3 is 0 Å². The van der Waals surface area contributed by atoms with Crippen LogP contribution in [0.2, 0.25) is 0 Å². The molecule has 3 nitrogen and oxygen atoms in total. The van der Waals surface area contributed by atoms with Gasteiger partial charge in [0.2, 0.25) is 0 Å². The Bertz CT molecular complexity index is 746. The molecule has 1 aliphatic carbocycles. The van der Waals surface area contributed by atoms with Crippen molar-refractivity contribution in [2.24, 2.45) is 0 Å². The summed E-state index contributed by atoms with van der Waals surface area (Å²) in [4.78, 5) is 16.6. The summed E-state index contributed by atoms with van der Waals surface area (Å²) in [6.07, 6.45) is 2.56. The van der Waals surface area contributed by atoms with Crippen LogP contribution >= 0.6 is 11.3 Å². The highest BCUT2D eigenvalue weighted by Crippen LogP contribution is 2.38. The Labute approximate surface area is 136 Å². The second-order valence-electron chi connectivity index (χ2n) is 6.11. The van der Waals surface area contributed by atoms with Gasteiger partial charge in [0.05, 0.1) is 4.88 Å². The molecule has 0 radical (unpaired) electrons. The zero-order valence-corrected chi connectivity index (χ0v) is 13.3. The molecular weight excluding hydrogens is 318 g/mol. The topological polar surface area (TPSA) is 32.3 Å². The van der Waals surface area contributed by atoms with Crippen LogP contribution in [-0.4, -0.2) is 16.8 Å². The van der Waals surface area contributed by atoms with Crippen LogP contribution in [0.25, 0.3) is 0 Å². The zero-order valence-electron chi connectivity index (χ0n) is 12.4. The quantitative estimate of drug-likeness (QED) is 0.929. The number of thiophene rings is 1. The van der Waals surface area contributed by atoms with Crippen LogP contribution in [0.15, 0.2) is 24.3 Å². The van der Waals surface area contributed by atoms with Gasteiger partial charge in [0.15, 0.2) is 0 Å². The highest BCUT2D eigenvalue weighted by Gasteiger charge is 2.34. The summed E-state index contributed by atoms with van der Waals surface area (Å²) >= 11 is 1.50. The van der Waals surface area contributed by atoms with Gasteiger partial charge in [-0.05, 0) is 42.7 Å². The Morgan fingerprint density at radius 1 is 1.26 bits per heavy atom. The lowest BCUT2D eigenvalue weighted by molar-refractivity contribution is 0.0954. The van der Waals surface area contributed by atoms with Crippen LogP contribution in [0.5, 0.6) is 0 Å². The molecule has 1 N–H and O–H groups in total. The summed E-state index contributed by atoms with van der Waals surface area (Å²) in [7, 11) is 0. The minimum Gasteiger partial charge on any atom is -0.347 e. The molecule has 4 rings (SSSR count). The molecule has 1 amide bonds. The van der Waals surface area contributed by atoms with Gasteiger partial charge in [-0.3, -0.25) is 9.69 Å². The van der Waals surface area contributed by atoms with E-state index < -0.39 is 11.6 Å². The number of benzene rings is 1. The molecule has 2 aliphatic rings. The number of rotatable bonds is 4. The van der Waals surface area contributed by atoms with Gasteiger partial charge in [-0.25, -0.2) is 8.78 Å². The van der Waals surface area contributed by atoms with Gasteiger partial charge in [0.1, 0.15) is 11.6 Å². The van der Waals surface area contributed by atoms with Crippen LogP contribution in [-0.2, 0) is 19.6 Å². The van der Waals surface area contributed by atoms with Crippen LogP contribution in [0.3, 0.4) is 0 Å². The Hall–Kier alpha value is -1.79. The van der Waals surface area contributed by atoms with E-state index in [4.69, 9.17) is 0 Å². The van der Waals surface area contributed by atoms with Crippen molar-refractivity contribution in [2.75, 3.05) is 0 Å². The first-order valence-electron chi connectivity index (χ1n) is 7.68. The average Bonchev–Trinajstić information content (AvgIpc) is 3.18. The Morgan fingerprint density at radius 3 is 2.83 bits per heavy atom. The first-order chi connectivity index (χ1) is 11.1. The van der Waals surface area contributed by atoms with E-state index in [-0.39, 0.29) is 18.0 Å². The van der Waals surface area contributed by atoms with Gasteiger partial charge < -0.3 is 5.32 Å². The summed E-state index contributed by atoms with van der Waals surface area (Å²) < 4.78 is 26.7. The van der Waals surface area contributed by atoms with Crippen molar-refractivity contribution in [1.82, 2.24) is 10.2 Å². The number of carbonyl (C=O) groups is 1. The van der Waals surface area contributed by atoms with Gasteiger partial charge in [-0.2, -0.15) is 0 Å². The van der Waals surface area contributed by atoms with Crippen molar-refractivity contribution < 1.29 is 13.6 Å². The van der Waals surface area contributed by atoms with E-state index in [1.807, 2.05) is 6.07 Å². The molecule has 0 bridgehead atoms. The Kier molecular flexibility index (Phi) is 3.66. The minimum atomic E-state index is -0.513. The minimum absolute atomic E-state index is 0.0147. The van der Waals surface area contributed by atoms with Crippen molar-refractivity contribution in [3.63, 3.8) is 0 Å². The lowest BCUT2D eigenvalue weighted by Crippen LogP contribution is -2.23. The number of hydrogen-bond donors (Lipinski definition) is 1. The van der Waals surface area contributed by atoms with E-state index in [2.05, 4.69) is 10.2 Å². The van der Waals surface area contributed by atoms with Crippen molar-refractivity contribution in [1.29, 1.82) is 0 Å². The van der Waals surface area contributed by atoms with E-state index in [1.54, 1.807) is 0 Å². The Balaban J connectivity index is 1.40. The third-order valence-corrected chi connectivity index (χ3v) is 5.51. The van der Waals surface area contributed by atoms with Gasteiger partial charge in [0, 0.05) is 36.1 Å². The van der Waals surface area contributed by atoms with Gasteiger partial charge in [-0.1, -0.05) is 0 Å². The molecule has 0 unspecified atom stereocenters. The third kappa shape index (κ3) is 3.01. The molecule has 1 aromatic carbocycles. The number of carbonyl (C=O) groups excluding carboxylic acids is 1. The number of hydrogen-bond acceptors (Lipinski definition) is 3. The molecule has 0 spiro atoms. The van der Waals surface area contributed by atoms with Crippen molar-refractivity contribution >= 4 is 17.2 Å². The molecule has 1 fully saturated rings. The molecule has 1 aromatic heterocycles. The molecule has 2 aromatic rings. The van der Waals surface area contributed by atoms with Gasteiger partial charge in [0.25, 0.3) is 5.91 Å². The van der Waals surface area contributed by atoms with E-state index in [0.717, 1.165) is 37.3 Å². The summed E-state index contributed by atoms with van der Waals surface area (Å²) in [6.45, 7) is 1.83. The maximum absolute atomic E-state index is 13.6. The summed E-state index contributed by atoms with van der Waals surface area (Å²) in [6, 6.07) is 5.90. The molecule has 2 heterocycles. The third-order valence-electron chi connectivity index (χ3n) is 4.35. The fourth-order valence-corrected chi connectivity index (χ4v) is 4.06. The monoisotopic (exact) mass is 334 g/mol. The van der Waals surface area contributed by atoms with E-state index in [0.29, 0.717) is 4.88 Å². The summed E-state index contributed by atoms with van der Waals surface area (Å²) in [5.41, 5.74) is 1.38. The average molecular weight is 334 g/mol. The van der Waals surface area contributed by atoms with Crippen molar-refractivity contribution in [3.8, 4) is 0 Å². The van der Waals surface area contributed by atoms with Crippen molar-refractivity contribution in [3.05, 3.63) is 56.8 Å². The maximum atomic E-state index is 13.6. The molecule has 23 heavy (non-hydrogen) atoms. The van der Waals surface area contributed by atoms with Crippen LogP contribution in [0.1, 0.15) is 38.5 Å². The lowest BCUT2D eigenvalue weighted by Gasteiger charge is -2.12. The zero-order chi connectivity index (χ0) is 16.0. The second-order valence-corrected chi connectivity index (χ2v) is 7.25. The summed E-state index contributed by atoms with van der Waals surface area (Å²) in [5.74, 6) is -1.25. The first kappa shape index (κ1) is 14.8. The van der Waals surface area contributed by atoms with E-state index in [9.17, 15) is 13.6 Å². The number of nitrogens with zero attached hydrogens (tertiary/aromatic N) is 1. The maximum Gasteiger partial charge on any atom is 0.261 e. The standard InChI is InChI=1S/C17H16F2N2OS/c18-12-1-4-14(19)10(5-12)7-20-17(22)15-6-11-8-21(13-2-3-13)9-16(11)23-15/h1,4-6,13H,2-3,7-9H2,(H,20,22). The molecule has 1 saturated carbocycles.